The fraction of sp³-hybridized carbons (Fsp3) is 0.784. The number of methoxy groups -OCH3 is 1. The third-order valence-electron chi connectivity index (χ3n) is 10.8. The second kappa shape index (κ2) is 17.3. The maximum absolute atomic E-state index is 14.0. The van der Waals surface area contributed by atoms with Crippen molar-refractivity contribution in [2.24, 2.45) is 23.7 Å². The molecule has 0 saturated carbocycles. The molecule has 50 heavy (non-hydrogen) atoms. The number of aliphatic hydroxyl groups excluding tert-OH is 2. The highest BCUT2D eigenvalue weighted by Crippen LogP contribution is 2.40. The molecule has 1 aromatic rings. The summed E-state index contributed by atoms with van der Waals surface area (Å²) in [5.74, 6) is -5.43. The van der Waals surface area contributed by atoms with Crippen LogP contribution in [0.1, 0.15) is 80.3 Å². The number of ketones is 1. The van der Waals surface area contributed by atoms with Crippen LogP contribution >= 0.6 is 0 Å². The van der Waals surface area contributed by atoms with Gasteiger partial charge in [0.1, 0.15) is 29.7 Å². The third-order valence-corrected chi connectivity index (χ3v) is 10.8. The molecule has 13 heteroatoms. The van der Waals surface area contributed by atoms with Gasteiger partial charge in [0.05, 0.1) is 41.9 Å². The van der Waals surface area contributed by atoms with Crippen LogP contribution < -0.4 is 0 Å². The smallest absolute Gasteiger partial charge is 0.312 e. The highest BCUT2D eigenvalue weighted by molar-refractivity contribution is 5.83. The van der Waals surface area contributed by atoms with E-state index in [2.05, 4.69) is 4.98 Å². The number of carbonyl (C=O) groups is 3. The fourth-order valence-corrected chi connectivity index (χ4v) is 7.63. The van der Waals surface area contributed by atoms with E-state index in [-0.39, 0.29) is 37.2 Å². The molecular weight excluding hydrogens is 648 g/mol. The summed E-state index contributed by atoms with van der Waals surface area (Å²) < 4.78 is 31.0. The highest BCUT2D eigenvalue weighted by atomic mass is 16.7. The van der Waals surface area contributed by atoms with Gasteiger partial charge in [0.2, 0.25) is 0 Å². The quantitative estimate of drug-likeness (QED) is 0.337. The van der Waals surface area contributed by atoms with E-state index < -0.39 is 83.6 Å². The Morgan fingerprint density at radius 2 is 1.74 bits per heavy atom. The Hall–Kier alpha value is -2.52. The molecule has 13 nitrogen and oxygen atoms in total. The topological polar surface area (TPSA) is 174 Å². The van der Waals surface area contributed by atoms with Crippen molar-refractivity contribution >= 4 is 17.7 Å². The molecule has 0 amide bonds. The molecule has 2 aliphatic rings. The van der Waals surface area contributed by atoms with Crippen LogP contribution in [0.2, 0.25) is 0 Å². The molecule has 3 heterocycles. The summed E-state index contributed by atoms with van der Waals surface area (Å²) in [4.78, 5) is 47.5. The summed E-state index contributed by atoms with van der Waals surface area (Å²) in [5, 5.41) is 34.4. The fourth-order valence-electron chi connectivity index (χ4n) is 7.63. The summed E-state index contributed by atoms with van der Waals surface area (Å²) in [5.41, 5.74) is -2.80. The number of Topliss-reactive ketones (excluding diaryl/α,β-unsaturated/α-hetero) is 1. The molecule has 3 N–H and O–H groups in total. The number of aromatic nitrogens is 1. The van der Waals surface area contributed by atoms with E-state index in [0.29, 0.717) is 12.1 Å². The number of rotatable bonds is 8. The number of pyridine rings is 1. The Morgan fingerprint density at radius 3 is 2.30 bits per heavy atom. The van der Waals surface area contributed by atoms with E-state index in [1.165, 1.54) is 21.0 Å². The van der Waals surface area contributed by atoms with Crippen molar-refractivity contribution in [2.75, 3.05) is 21.2 Å². The molecule has 2 saturated heterocycles. The van der Waals surface area contributed by atoms with Gasteiger partial charge in [-0.2, -0.15) is 0 Å². The number of cyclic esters (lactones) is 1. The van der Waals surface area contributed by atoms with E-state index >= 15 is 0 Å². The number of ether oxygens (including phenoxy) is 5. The number of esters is 2. The predicted molar refractivity (Wildman–Crippen MR) is 184 cm³/mol. The van der Waals surface area contributed by atoms with Crippen LogP contribution in [0, 0.1) is 23.7 Å². The summed E-state index contributed by atoms with van der Waals surface area (Å²) in [7, 11) is 5.20. The zero-order chi connectivity index (χ0) is 37.7. The molecule has 14 atom stereocenters. The number of aliphatic hydroxyl groups is 3. The highest BCUT2D eigenvalue weighted by Gasteiger charge is 2.52. The van der Waals surface area contributed by atoms with Gasteiger partial charge in [0, 0.05) is 37.1 Å². The minimum Gasteiger partial charge on any atom is -0.461 e. The first-order valence-corrected chi connectivity index (χ1v) is 17.7. The van der Waals surface area contributed by atoms with Crippen LogP contribution in [0.5, 0.6) is 0 Å². The molecule has 0 unspecified atom stereocenters. The second-order valence-electron chi connectivity index (χ2n) is 15.0. The van der Waals surface area contributed by atoms with Crippen LogP contribution in [0.15, 0.2) is 24.4 Å². The van der Waals surface area contributed by atoms with Crippen molar-refractivity contribution in [1.82, 2.24) is 9.88 Å². The lowest BCUT2D eigenvalue weighted by molar-refractivity contribution is -0.301. The van der Waals surface area contributed by atoms with Crippen molar-refractivity contribution in [1.29, 1.82) is 0 Å². The Balaban J connectivity index is 2.18. The van der Waals surface area contributed by atoms with Gasteiger partial charge in [-0.15, -0.1) is 0 Å². The minimum atomic E-state index is -1.98. The number of carbonyl (C=O) groups excluding carboxylic acids is 3. The standard InChI is InChI=1S/C37H60N2O11/c1-12-27-37(8,45)32(43)22(4)29(41)20(2)19-36(7,46-11)33(50-35-30(42)26(39(9)10)17-21(3)47-35)23(5)31(24(6)34(44)48-27)49-28(40)18-25-15-13-14-16-38-25/h13-16,20-24,26-27,30-33,35,42-43,45H,12,17-19H2,1-11H3/t20-,21-,22-,23+,24-,26+,27+,30-,31+,32-,33-,35+,36+,37-/m1/s1. The lowest BCUT2D eigenvalue weighted by Gasteiger charge is -2.48. The van der Waals surface area contributed by atoms with Crippen molar-refractivity contribution < 1.29 is 53.4 Å². The van der Waals surface area contributed by atoms with Crippen LogP contribution in [0.4, 0.5) is 0 Å². The molecule has 0 aliphatic carbocycles. The summed E-state index contributed by atoms with van der Waals surface area (Å²) in [6.45, 7) is 13.2. The van der Waals surface area contributed by atoms with Crippen molar-refractivity contribution in [3.63, 3.8) is 0 Å². The van der Waals surface area contributed by atoms with E-state index in [1.807, 2.05) is 25.9 Å². The first-order valence-electron chi connectivity index (χ1n) is 17.7. The molecule has 3 rings (SSSR count). The Labute approximate surface area is 297 Å². The molecule has 0 aromatic carbocycles. The van der Waals surface area contributed by atoms with Crippen LogP contribution in [0.3, 0.4) is 0 Å². The second-order valence-corrected chi connectivity index (χ2v) is 15.0. The van der Waals surface area contributed by atoms with Gasteiger partial charge in [-0.05, 0) is 73.2 Å². The largest absolute Gasteiger partial charge is 0.461 e. The van der Waals surface area contributed by atoms with Crippen molar-refractivity contribution in [3.05, 3.63) is 30.1 Å². The SMILES string of the molecule is CC[C@@H]1OC(=O)[C@H](C)[C@@H](OC(=O)Cc2ccccn2)[C@H](C)[C@@H](O[C@@H]2O[C@H](C)C[C@H](N(C)C)[C@H]2O)[C@@](C)(OC)C[C@@H](C)C(=O)[C@@H](C)[C@@H](O)[C@]1(C)O. The zero-order valence-electron chi connectivity index (χ0n) is 31.6. The predicted octanol–water partition coefficient (Wildman–Crippen LogP) is 2.70. The van der Waals surface area contributed by atoms with Gasteiger partial charge in [0.25, 0.3) is 0 Å². The lowest BCUT2D eigenvalue weighted by atomic mass is 9.74. The first-order chi connectivity index (χ1) is 23.3. The molecule has 1 aromatic heterocycles. The monoisotopic (exact) mass is 708 g/mol. The van der Waals surface area contributed by atoms with Gasteiger partial charge in [-0.1, -0.05) is 33.8 Å². The molecule has 0 bridgehead atoms. The number of likely N-dealkylation sites (N-methyl/N-ethyl adjacent to an activating group) is 1. The lowest BCUT2D eigenvalue weighted by Crippen LogP contribution is -2.60. The molecule has 284 valence electrons. The van der Waals surface area contributed by atoms with Gasteiger partial charge in [-0.3, -0.25) is 19.4 Å². The molecular formula is C37H60N2O11. The zero-order valence-corrected chi connectivity index (χ0v) is 31.6. The minimum absolute atomic E-state index is 0.0800. The Kier molecular flexibility index (Phi) is 14.5. The molecule has 2 aliphatic heterocycles. The average Bonchev–Trinajstić information content (AvgIpc) is 3.07. The third kappa shape index (κ3) is 9.47. The first kappa shape index (κ1) is 41.9. The summed E-state index contributed by atoms with van der Waals surface area (Å²) in [6.07, 6.45) is -5.29. The number of hydrogen-bond donors (Lipinski definition) is 3. The maximum atomic E-state index is 14.0. The van der Waals surface area contributed by atoms with Crippen LogP contribution in [-0.4, -0.2) is 124 Å². The van der Waals surface area contributed by atoms with Crippen molar-refractivity contribution in [2.45, 2.75) is 141 Å². The average molecular weight is 709 g/mol. The van der Waals surface area contributed by atoms with Gasteiger partial charge < -0.3 is 43.9 Å². The summed E-state index contributed by atoms with van der Waals surface area (Å²) >= 11 is 0. The van der Waals surface area contributed by atoms with Gasteiger partial charge in [0.15, 0.2) is 6.29 Å². The molecule has 2 fully saturated rings. The Bertz CT molecular complexity index is 1280. The molecule has 0 spiro atoms. The number of hydrogen-bond acceptors (Lipinski definition) is 13. The van der Waals surface area contributed by atoms with Gasteiger partial charge in [-0.25, -0.2) is 0 Å². The van der Waals surface area contributed by atoms with E-state index in [1.54, 1.807) is 59.0 Å². The van der Waals surface area contributed by atoms with E-state index in [0.717, 1.165) is 0 Å². The molecule has 0 radical (unpaired) electrons. The normalized spacial score (nSPS) is 40.9. The van der Waals surface area contributed by atoms with E-state index in [9.17, 15) is 29.7 Å². The van der Waals surface area contributed by atoms with Crippen LogP contribution in [-0.2, 0) is 44.5 Å². The summed E-state index contributed by atoms with van der Waals surface area (Å²) in [6, 6.07) is 4.87. The van der Waals surface area contributed by atoms with Crippen LogP contribution in [0.25, 0.3) is 0 Å². The maximum Gasteiger partial charge on any atom is 0.312 e. The number of nitrogens with zero attached hydrogens (tertiary/aromatic N) is 2. The van der Waals surface area contributed by atoms with Crippen molar-refractivity contribution in [3.8, 4) is 0 Å². The van der Waals surface area contributed by atoms with E-state index in [4.69, 9.17) is 23.7 Å². The van der Waals surface area contributed by atoms with Gasteiger partial charge >= 0.3 is 11.9 Å². The Morgan fingerprint density at radius 1 is 1.08 bits per heavy atom.